The van der Waals surface area contributed by atoms with E-state index in [1.807, 2.05) is 6.08 Å². The molecular formula is C20H20ClFN4O. The molecule has 140 valence electrons. The molecule has 2 fully saturated rings. The van der Waals surface area contributed by atoms with E-state index in [2.05, 4.69) is 15.3 Å². The van der Waals surface area contributed by atoms with Crippen LogP contribution in [0.5, 0.6) is 0 Å². The molecule has 27 heavy (non-hydrogen) atoms. The number of halogens is 2. The normalized spacial score (nSPS) is 17.0. The van der Waals surface area contributed by atoms with Gasteiger partial charge in [0.2, 0.25) is 0 Å². The Kier molecular flexibility index (Phi) is 5.07. The Morgan fingerprint density at radius 2 is 2.04 bits per heavy atom. The van der Waals surface area contributed by atoms with Crippen LogP contribution >= 0.6 is 11.6 Å². The molecule has 7 heteroatoms. The van der Waals surface area contributed by atoms with Gasteiger partial charge in [0.15, 0.2) is 0 Å². The van der Waals surface area contributed by atoms with Crippen LogP contribution in [-0.2, 0) is 0 Å². The number of nitrogens with zero attached hydrogens (tertiary/aromatic N) is 3. The Morgan fingerprint density at radius 1 is 1.26 bits per heavy atom. The van der Waals surface area contributed by atoms with Gasteiger partial charge in [-0.3, -0.25) is 5.32 Å². The number of likely N-dealkylation sites (tertiary alicyclic amines) is 1. The number of anilines is 1. The summed E-state index contributed by atoms with van der Waals surface area (Å²) in [6.45, 7) is 1.18. The molecule has 0 radical (unpaired) electrons. The molecule has 1 N–H and O–H groups in total. The highest BCUT2D eigenvalue weighted by Gasteiger charge is 2.27. The number of hydrogen-bond donors (Lipinski definition) is 1. The second-order valence-electron chi connectivity index (χ2n) is 6.96. The Balaban J connectivity index is 1.35. The molecule has 0 spiro atoms. The number of hydrogen-bond acceptors (Lipinski definition) is 3. The second kappa shape index (κ2) is 7.64. The van der Waals surface area contributed by atoms with E-state index in [1.165, 1.54) is 6.07 Å². The van der Waals surface area contributed by atoms with Gasteiger partial charge in [-0.25, -0.2) is 19.2 Å². The summed E-state index contributed by atoms with van der Waals surface area (Å²) in [5.41, 5.74) is 1.65. The van der Waals surface area contributed by atoms with Crippen molar-refractivity contribution in [3.63, 3.8) is 0 Å². The molecule has 0 unspecified atom stereocenters. The van der Waals surface area contributed by atoms with E-state index in [-0.39, 0.29) is 11.8 Å². The van der Waals surface area contributed by atoms with E-state index in [1.54, 1.807) is 29.3 Å². The fourth-order valence-electron chi connectivity index (χ4n) is 3.15. The van der Waals surface area contributed by atoms with Crippen molar-refractivity contribution in [1.29, 1.82) is 0 Å². The monoisotopic (exact) mass is 386 g/mol. The summed E-state index contributed by atoms with van der Waals surface area (Å²) in [6.07, 6.45) is 7.21. The maximum absolute atomic E-state index is 13.9. The van der Waals surface area contributed by atoms with Crippen molar-refractivity contribution in [3.05, 3.63) is 58.3 Å². The van der Waals surface area contributed by atoms with Gasteiger partial charge in [0, 0.05) is 35.8 Å². The van der Waals surface area contributed by atoms with Gasteiger partial charge < -0.3 is 4.90 Å². The first kappa shape index (κ1) is 17.9. The average Bonchev–Trinajstić information content (AvgIpc) is 3.50. The number of nitrogens with one attached hydrogen (secondary N) is 1. The van der Waals surface area contributed by atoms with Gasteiger partial charge >= 0.3 is 6.03 Å². The largest absolute Gasteiger partial charge is 0.324 e. The summed E-state index contributed by atoms with van der Waals surface area (Å²) in [5, 5.41) is 3.24. The molecule has 2 aliphatic rings. The summed E-state index contributed by atoms with van der Waals surface area (Å²) in [4.78, 5) is 22.9. The number of carbonyl (C=O) groups excluding carboxylic acids is 1. The van der Waals surface area contributed by atoms with Gasteiger partial charge in [-0.2, -0.15) is 0 Å². The molecule has 1 aliphatic heterocycles. The van der Waals surface area contributed by atoms with E-state index in [0.29, 0.717) is 48.3 Å². The SMILES string of the molecule is O=C(Nc1ccnc(C2CC2)n1)N1CCC(=Cc2ccc(Cl)cc2F)CC1. The van der Waals surface area contributed by atoms with Gasteiger partial charge in [0.05, 0.1) is 0 Å². The number of aromatic nitrogens is 2. The molecule has 0 atom stereocenters. The number of piperidine rings is 1. The molecule has 2 heterocycles. The number of benzene rings is 1. The van der Waals surface area contributed by atoms with Crippen molar-refractivity contribution >= 4 is 29.5 Å². The third-order valence-corrected chi connectivity index (χ3v) is 5.10. The Bertz CT molecular complexity index is 887. The fourth-order valence-corrected chi connectivity index (χ4v) is 3.31. The molecule has 2 aromatic rings. The minimum Gasteiger partial charge on any atom is -0.324 e. The number of rotatable bonds is 3. The zero-order chi connectivity index (χ0) is 18.8. The lowest BCUT2D eigenvalue weighted by molar-refractivity contribution is 0.207. The van der Waals surface area contributed by atoms with Crippen molar-refractivity contribution in [1.82, 2.24) is 14.9 Å². The van der Waals surface area contributed by atoms with Crippen molar-refractivity contribution in [2.75, 3.05) is 18.4 Å². The summed E-state index contributed by atoms with van der Waals surface area (Å²) in [6, 6.07) is 6.22. The van der Waals surface area contributed by atoms with Crippen LogP contribution in [0, 0.1) is 5.82 Å². The molecule has 2 amide bonds. The lowest BCUT2D eigenvalue weighted by Gasteiger charge is -2.28. The van der Waals surface area contributed by atoms with E-state index in [0.717, 1.165) is 24.2 Å². The highest BCUT2D eigenvalue weighted by Crippen LogP contribution is 2.38. The molecule has 1 aromatic carbocycles. The lowest BCUT2D eigenvalue weighted by atomic mass is 10.0. The highest BCUT2D eigenvalue weighted by molar-refractivity contribution is 6.30. The van der Waals surface area contributed by atoms with Crippen LogP contribution in [0.25, 0.3) is 6.08 Å². The summed E-state index contributed by atoms with van der Waals surface area (Å²) < 4.78 is 13.9. The zero-order valence-corrected chi connectivity index (χ0v) is 15.5. The third kappa shape index (κ3) is 4.45. The number of amides is 2. The first-order valence-electron chi connectivity index (χ1n) is 9.12. The lowest BCUT2D eigenvalue weighted by Crippen LogP contribution is -2.39. The standard InChI is InChI=1S/C20H20ClFN4O/c21-16-4-3-15(17(22)12-16)11-13-6-9-26(10-7-13)20(27)25-18-5-8-23-19(24-18)14-1-2-14/h3-5,8,11-12,14H,1-2,6-7,9-10H2,(H,23,24,25,27). The third-order valence-electron chi connectivity index (χ3n) is 4.87. The van der Waals surface area contributed by atoms with E-state index in [9.17, 15) is 9.18 Å². The molecule has 1 saturated carbocycles. The van der Waals surface area contributed by atoms with Gasteiger partial charge in [0.25, 0.3) is 0 Å². The minimum absolute atomic E-state index is 0.160. The van der Waals surface area contributed by atoms with Gasteiger partial charge in [-0.05, 0) is 43.9 Å². The first-order chi connectivity index (χ1) is 13.1. The molecular weight excluding hydrogens is 367 g/mol. The predicted molar refractivity (Wildman–Crippen MR) is 103 cm³/mol. The van der Waals surface area contributed by atoms with Crippen LogP contribution in [-0.4, -0.2) is 34.0 Å². The zero-order valence-electron chi connectivity index (χ0n) is 14.8. The van der Waals surface area contributed by atoms with Crippen molar-refractivity contribution < 1.29 is 9.18 Å². The number of urea groups is 1. The van der Waals surface area contributed by atoms with Crippen molar-refractivity contribution in [2.24, 2.45) is 0 Å². The van der Waals surface area contributed by atoms with Crippen LogP contribution in [0.1, 0.15) is 43.0 Å². The minimum atomic E-state index is -0.328. The van der Waals surface area contributed by atoms with Crippen LogP contribution in [0.2, 0.25) is 5.02 Å². The molecule has 0 bridgehead atoms. The van der Waals surface area contributed by atoms with E-state index >= 15 is 0 Å². The molecule has 4 rings (SSSR count). The van der Waals surface area contributed by atoms with Gasteiger partial charge in [-0.1, -0.05) is 29.3 Å². The fraction of sp³-hybridized carbons (Fsp3) is 0.350. The summed E-state index contributed by atoms with van der Waals surface area (Å²) in [7, 11) is 0. The van der Waals surface area contributed by atoms with Crippen molar-refractivity contribution in [3.8, 4) is 0 Å². The topological polar surface area (TPSA) is 58.1 Å². The van der Waals surface area contributed by atoms with Crippen LogP contribution in [0.3, 0.4) is 0 Å². The Morgan fingerprint density at radius 3 is 2.74 bits per heavy atom. The molecule has 1 aromatic heterocycles. The smallest absolute Gasteiger partial charge is 0.323 e. The van der Waals surface area contributed by atoms with Gasteiger partial charge in [0.1, 0.15) is 17.5 Å². The summed E-state index contributed by atoms with van der Waals surface area (Å²) in [5.74, 6) is 1.46. The Hall–Kier alpha value is -2.47. The second-order valence-corrected chi connectivity index (χ2v) is 7.40. The predicted octanol–water partition coefficient (Wildman–Crippen LogP) is 4.86. The van der Waals surface area contributed by atoms with Crippen molar-refractivity contribution in [2.45, 2.75) is 31.6 Å². The molecule has 5 nitrogen and oxygen atoms in total. The maximum Gasteiger partial charge on any atom is 0.323 e. The highest BCUT2D eigenvalue weighted by atomic mass is 35.5. The van der Waals surface area contributed by atoms with E-state index < -0.39 is 0 Å². The van der Waals surface area contributed by atoms with Crippen LogP contribution < -0.4 is 5.32 Å². The summed E-state index contributed by atoms with van der Waals surface area (Å²) >= 11 is 5.79. The van der Waals surface area contributed by atoms with Crippen LogP contribution in [0.15, 0.2) is 36.0 Å². The Labute approximate surface area is 162 Å². The molecule has 1 aliphatic carbocycles. The maximum atomic E-state index is 13.9. The first-order valence-corrected chi connectivity index (χ1v) is 9.49. The molecule has 1 saturated heterocycles. The average molecular weight is 387 g/mol. The van der Waals surface area contributed by atoms with Gasteiger partial charge in [-0.15, -0.1) is 0 Å². The quantitative estimate of drug-likeness (QED) is 0.819. The van der Waals surface area contributed by atoms with Crippen LogP contribution in [0.4, 0.5) is 15.0 Å². The number of carbonyl (C=O) groups is 1. The van der Waals surface area contributed by atoms with E-state index in [4.69, 9.17) is 11.6 Å².